The molecule has 0 aliphatic carbocycles. The maximum Gasteiger partial charge on any atom is 0.455 e. The van der Waals surface area contributed by atoms with Crippen LogP contribution in [0.15, 0.2) is 0 Å². The van der Waals surface area contributed by atoms with Gasteiger partial charge in [0.2, 0.25) is 0 Å². The van der Waals surface area contributed by atoms with Gasteiger partial charge in [-0.15, -0.1) is 0 Å². The van der Waals surface area contributed by atoms with Crippen molar-refractivity contribution in [1.29, 1.82) is 0 Å². The fourth-order valence-electron chi connectivity index (χ4n) is 0.474. The molecule has 0 radical (unpaired) electrons. The highest BCUT2D eigenvalue weighted by molar-refractivity contribution is 7.40. The predicted octanol–water partition coefficient (Wildman–Crippen LogP) is 3.63. The Labute approximate surface area is 105 Å². The lowest BCUT2D eigenvalue weighted by Gasteiger charge is -2.22. The van der Waals surface area contributed by atoms with Crippen molar-refractivity contribution in [3.63, 3.8) is 0 Å². The highest BCUT2D eigenvalue weighted by atomic mass is 31.2. The molecule has 0 aliphatic heterocycles. The van der Waals surface area contributed by atoms with E-state index in [4.69, 9.17) is 4.89 Å². The first-order valence-corrected chi connectivity index (χ1v) is 5.37. The van der Waals surface area contributed by atoms with E-state index in [9.17, 15) is 43.9 Å². The second-order valence-electron chi connectivity index (χ2n) is 3.19. The van der Waals surface area contributed by atoms with Crippen molar-refractivity contribution >= 4 is 8.60 Å². The molecule has 0 saturated carbocycles. The van der Waals surface area contributed by atoms with Gasteiger partial charge in [0.15, 0.2) is 0 Å². The standard InChI is InChI=1S/C6H5F10O3P/c7-3(8,5(11,12)13)1-18-20(17)19-2-4(9,10)6(14,15)16/h17H,1-2H2. The largest absolute Gasteiger partial charge is 0.455 e. The molecule has 20 heavy (non-hydrogen) atoms. The van der Waals surface area contributed by atoms with Gasteiger partial charge in [-0.2, -0.15) is 43.9 Å². The molecule has 0 unspecified atom stereocenters. The highest BCUT2D eigenvalue weighted by Gasteiger charge is 2.59. The molecule has 0 spiro atoms. The van der Waals surface area contributed by atoms with Crippen LogP contribution in [0.3, 0.4) is 0 Å². The average Bonchev–Trinajstić information content (AvgIpc) is 2.20. The second kappa shape index (κ2) is 6.16. The number of hydrogen-bond donors (Lipinski definition) is 1. The molecule has 0 heterocycles. The van der Waals surface area contributed by atoms with E-state index in [1.807, 2.05) is 0 Å². The first kappa shape index (κ1) is 19.6. The maximum atomic E-state index is 12.2. The Morgan fingerprint density at radius 1 is 0.650 bits per heavy atom. The lowest BCUT2D eigenvalue weighted by atomic mass is 10.3. The maximum absolute atomic E-state index is 12.2. The zero-order valence-electron chi connectivity index (χ0n) is 8.90. The zero-order valence-corrected chi connectivity index (χ0v) is 9.80. The van der Waals surface area contributed by atoms with Gasteiger partial charge in [0.25, 0.3) is 0 Å². The second-order valence-corrected chi connectivity index (χ2v) is 4.18. The molecule has 0 saturated heterocycles. The minimum atomic E-state index is -6.04. The zero-order chi connectivity index (χ0) is 16.4. The van der Waals surface area contributed by atoms with Crippen LogP contribution in [0, 0.1) is 0 Å². The number of hydrogen-bond acceptors (Lipinski definition) is 3. The molecule has 0 atom stereocenters. The Kier molecular flexibility index (Phi) is 6.04. The highest BCUT2D eigenvalue weighted by Crippen LogP contribution is 2.43. The van der Waals surface area contributed by atoms with Crippen LogP contribution in [-0.4, -0.2) is 42.3 Å². The third kappa shape index (κ3) is 5.54. The fraction of sp³-hybridized carbons (Fsp3) is 1.00. The minimum Gasteiger partial charge on any atom is -0.328 e. The van der Waals surface area contributed by atoms with Crippen molar-refractivity contribution in [2.24, 2.45) is 0 Å². The van der Waals surface area contributed by atoms with Gasteiger partial charge in [0.1, 0.15) is 13.2 Å². The van der Waals surface area contributed by atoms with Crippen molar-refractivity contribution < 1.29 is 57.8 Å². The summed E-state index contributed by atoms with van der Waals surface area (Å²) in [5.41, 5.74) is 0. The molecule has 0 rings (SSSR count). The van der Waals surface area contributed by atoms with Crippen LogP contribution in [0.4, 0.5) is 43.9 Å². The average molecular weight is 346 g/mol. The van der Waals surface area contributed by atoms with E-state index in [1.54, 1.807) is 0 Å². The summed E-state index contributed by atoms with van der Waals surface area (Å²) in [4.78, 5) is 8.53. The van der Waals surface area contributed by atoms with Gasteiger partial charge in [-0.3, -0.25) is 0 Å². The normalized spacial score (nSPS) is 15.0. The Hall–Kier alpha value is -0.390. The lowest BCUT2D eigenvalue weighted by molar-refractivity contribution is -0.294. The Balaban J connectivity index is 4.31. The first-order chi connectivity index (χ1) is 8.60. The summed E-state index contributed by atoms with van der Waals surface area (Å²) in [5.74, 6) is -10.8. The Morgan fingerprint density at radius 2 is 0.900 bits per heavy atom. The molecule has 3 nitrogen and oxygen atoms in total. The van der Waals surface area contributed by atoms with Crippen LogP contribution in [0.25, 0.3) is 0 Å². The fourth-order valence-corrected chi connectivity index (χ4v) is 1.09. The third-order valence-corrected chi connectivity index (χ3v) is 2.24. The van der Waals surface area contributed by atoms with Gasteiger partial charge in [-0.1, -0.05) is 0 Å². The predicted molar refractivity (Wildman–Crippen MR) is 43.0 cm³/mol. The van der Waals surface area contributed by atoms with E-state index in [0.717, 1.165) is 0 Å². The summed E-state index contributed by atoms with van der Waals surface area (Å²) in [6, 6.07) is 0. The van der Waals surface area contributed by atoms with E-state index in [1.165, 1.54) is 0 Å². The molecule has 0 bridgehead atoms. The summed E-state index contributed by atoms with van der Waals surface area (Å²) < 4.78 is 125. The molecule has 0 aliphatic rings. The quantitative estimate of drug-likeness (QED) is 0.590. The van der Waals surface area contributed by atoms with Crippen LogP contribution in [0.1, 0.15) is 0 Å². The van der Waals surface area contributed by atoms with Crippen molar-refractivity contribution in [3.8, 4) is 0 Å². The number of rotatable bonds is 6. The van der Waals surface area contributed by atoms with Gasteiger partial charge in [0.05, 0.1) is 0 Å². The van der Waals surface area contributed by atoms with E-state index >= 15 is 0 Å². The van der Waals surface area contributed by atoms with Gasteiger partial charge < -0.3 is 13.9 Å². The Bertz CT molecular complexity index is 283. The van der Waals surface area contributed by atoms with Crippen LogP contribution >= 0.6 is 8.60 Å². The van der Waals surface area contributed by atoms with Crippen molar-refractivity contribution in [2.45, 2.75) is 24.2 Å². The summed E-state index contributed by atoms with van der Waals surface area (Å²) in [6.45, 7) is -4.98. The van der Waals surface area contributed by atoms with Gasteiger partial charge >= 0.3 is 32.8 Å². The van der Waals surface area contributed by atoms with E-state index in [-0.39, 0.29) is 0 Å². The molecule has 0 aromatic heterocycles. The summed E-state index contributed by atoms with van der Waals surface area (Å²) in [7, 11) is -3.76. The smallest absolute Gasteiger partial charge is 0.328 e. The number of alkyl halides is 10. The van der Waals surface area contributed by atoms with Crippen LogP contribution in [-0.2, 0) is 9.05 Å². The van der Waals surface area contributed by atoms with E-state index in [2.05, 4.69) is 9.05 Å². The van der Waals surface area contributed by atoms with E-state index in [0.29, 0.717) is 0 Å². The van der Waals surface area contributed by atoms with Crippen molar-refractivity contribution in [3.05, 3.63) is 0 Å². The van der Waals surface area contributed by atoms with Crippen LogP contribution in [0.2, 0.25) is 0 Å². The Morgan fingerprint density at radius 3 is 1.10 bits per heavy atom. The van der Waals surface area contributed by atoms with Crippen LogP contribution in [0.5, 0.6) is 0 Å². The molecular weight excluding hydrogens is 341 g/mol. The molecule has 122 valence electrons. The van der Waals surface area contributed by atoms with E-state index < -0.39 is 46.0 Å². The summed E-state index contributed by atoms with van der Waals surface area (Å²) in [5, 5.41) is 0. The minimum absolute atomic E-state index is 2.49. The van der Waals surface area contributed by atoms with Crippen molar-refractivity contribution in [1.82, 2.24) is 0 Å². The molecule has 1 N–H and O–H groups in total. The summed E-state index contributed by atoms with van der Waals surface area (Å²) in [6.07, 6.45) is -12.1. The van der Waals surface area contributed by atoms with Gasteiger partial charge in [-0.25, -0.2) is 0 Å². The molecular formula is C6H5F10O3P. The van der Waals surface area contributed by atoms with Gasteiger partial charge in [0, 0.05) is 0 Å². The topological polar surface area (TPSA) is 38.7 Å². The molecule has 0 fully saturated rings. The first-order valence-electron chi connectivity index (χ1n) is 4.24. The molecule has 14 heteroatoms. The van der Waals surface area contributed by atoms with Gasteiger partial charge in [-0.05, 0) is 0 Å². The monoisotopic (exact) mass is 346 g/mol. The molecule has 0 amide bonds. The van der Waals surface area contributed by atoms with Crippen molar-refractivity contribution in [2.75, 3.05) is 13.2 Å². The SMILES string of the molecule is OP(OCC(F)(F)C(F)(F)F)OCC(F)(F)C(F)(F)F. The summed E-state index contributed by atoms with van der Waals surface area (Å²) >= 11 is 0. The molecule has 0 aromatic carbocycles. The van der Waals surface area contributed by atoms with Crippen LogP contribution < -0.4 is 0 Å². The molecule has 0 aromatic rings. The number of halogens is 10. The lowest BCUT2D eigenvalue weighted by Crippen LogP contribution is -2.41. The third-order valence-electron chi connectivity index (χ3n) is 1.54.